The van der Waals surface area contributed by atoms with Crippen molar-refractivity contribution in [1.29, 1.82) is 0 Å². The SMILES string of the molecule is O=C(NC1(C(=O)O)CCOC1)c1cc(-c2cccs2)on1. The van der Waals surface area contributed by atoms with Gasteiger partial charge in [0.05, 0.1) is 11.5 Å². The molecule has 21 heavy (non-hydrogen) atoms. The van der Waals surface area contributed by atoms with Gasteiger partial charge in [0.2, 0.25) is 0 Å². The summed E-state index contributed by atoms with van der Waals surface area (Å²) in [6, 6.07) is 5.19. The van der Waals surface area contributed by atoms with E-state index in [1.165, 1.54) is 17.4 Å². The number of thiophene rings is 1. The molecule has 2 aromatic heterocycles. The van der Waals surface area contributed by atoms with E-state index in [1.54, 1.807) is 0 Å². The van der Waals surface area contributed by atoms with E-state index >= 15 is 0 Å². The molecule has 3 heterocycles. The minimum Gasteiger partial charge on any atom is -0.479 e. The van der Waals surface area contributed by atoms with E-state index in [9.17, 15) is 14.7 Å². The lowest BCUT2D eigenvalue weighted by Crippen LogP contribution is -2.55. The van der Waals surface area contributed by atoms with Crippen LogP contribution in [0.1, 0.15) is 16.9 Å². The summed E-state index contributed by atoms with van der Waals surface area (Å²) >= 11 is 1.46. The van der Waals surface area contributed by atoms with E-state index in [2.05, 4.69) is 10.5 Å². The lowest BCUT2D eigenvalue weighted by atomic mass is 9.99. The van der Waals surface area contributed by atoms with Crippen molar-refractivity contribution in [3.05, 3.63) is 29.3 Å². The molecule has 1 atom stereocenters. The zero-order valence-corrected chi connectivity index (χ0v) is 11.7. The molecule has 8 heteroatoms. The van der Waals surface area contributed by atoms with Crippen molar-refractivity contribution in [1.82, 2.24) is 10.5 Å². The number of carbonyl (C=O) groups excluding carboxylic acids is 1. The van der Waals surface area contributed by atoms with Crippen LogP contribution in [0.2, 0.25) is 0 Å². The maximum atomic E-state index is 12.1. The van der Waals surface area contributed by atoms with Gasteiger partial charge in [0.1, 0.15) is 0 Å². The van der Waals surface area contributed by atoms with Crippen LogP contribution in [0.3, 0.4) is 0 Å². The van der Waals surface area contributed by atoms with Crippen molar-refractivity contribution in [3.63, 3.8) is 0 Å². The number of nitrogens with zero attached hydrogens (tertiary/aromatic N) is 1. The Bertz CT molecular complexity index is 658. The van der Waals surface area contributed by atoms with Gasteiger partial charge in [-0.1, -0.05) is 11.2 Å². The molecule has 7 nitrogen and oxygen atoms in total. The Morgan fingerprint density at radius 3 is 2.95 bits per heavy atom. The van der Waals surface area contributed by atoms with Crippen LogP contribution in [-0.2, 0) is 9.53 Å². The highest BCUT2D eigenvalue weighted by atomic mass is 32.1. The molecule has 0 radical (unpaired) electrons. The van der Waals surface area contributed by atoms with Gasteiger partial charge in [0.25, 0.3) is 5.91 Å². The van der Waals surface area contributed by atoms with Crippen molar-refractivity contribution < 1.29 is 24.0 Å². The Labute approximate surface area is 123 Å². The first kappa shape index (κ1) is 13.8. The third-order valence-electron chi connectivity index (χ3n) is 3.29. The number of hydrogen-bond acceptors (Lipinski definition) is 6. The van der Waals surface area contributed by atoms with Gasteiger partial charge in [0.15, 0.2) is 17.0 Å². The van der Waals surface area contributed by atoms with Crippen LogP contribution in [-0.4, -0.2) is 40.9 Å². The monoisotopic (exact) mass is 308 g/mol. The molecule has 0 saturated carbocycles. The molecule has 0 bridgehead atoms. The highest BCUT2D eigenvalue weighted by Crippen LogP contribution is 2.26. The molecule has 2 aromatic rings. The first-order chi connectivity index (χ1) is 10.1. The summed E-state index contributed by atoms with van der Waals surface area (Å²) in [5.74, 6) is -1.23. The number of rotatable bonds is 4. The van der Waals surface area contributed by atoms with Gasteiger partial charge in [-0.15, -0.1) is 11.3 Å². The summed E-state index contributed by atoms with van der Waals surface area (Å²) in [5.41, 5.74) is -1.34. The summed E-state index contributed by atoms with van der Waals surface area (Å²) in [6.45, 7) is 0.246. The number of aromatic nitrogens is 1. The highest BCUT2D eigenvalue weighted by Gasteiger charge is 2.44. The molecule has 1 unspecified atom stereocenters. The van der Waals surface area contributed by atoms with Crippen LogP contribution in [0.4, 0.5) is 0 Å². The number of hydrogen-bond donors (Lipinski definition) is 2. The number of amides is 1. The first-order valence-electron chi connectivity index (χ1n) is 6.25. The predicted molar refractivity (Wildman–Crippen MR) is 73.1 cm³/mol. The third kappa shape index (κ3) is 2.55. The van der Waals surface area contributed by atoms with Gasteiger partial charge in [0, 0.05) is 19.1 Å². The molecule has 110 valence electrons. The van der Waals surface area contributed by atoms with Crippen molar-refractivity contribution in [2.24, 2.45) is 0 Å². The number of aliphatic carboxylic acids is 1. The average molecular weight is 308 g/mol. The van der Waals surface area contributed by atoms with Crippen LogP contribution in [0.25, 0.3) is 10.6 Å². The molecule has 1 fully saturated rings. The van der Waals surface area contributed by atoms with Gasteiger partial charge in [-0.25, -0.2) is 4.79 Å². The second kappa shape index (κ2) is 5.30. The Balaban J connectivity index is 1.78. The number of carboxylic acids is 1. The quantitative estimate of drug-likeness (QED) is 0.884. The molecule has 2 N–H and O–H groups in total. The third-order valence-corrected chi connectivity index (χ3v) is 4.18. The summed E-state index contributed by atoms with van der Waals surface area (Å²) in [4.78, 5) is 24.3. The van der Waals surface area contributed by atoms with Gasteiger partial charge < -0.3 is 19.7 Å². The molecule has 1 aliphatic rings. The number of carboxylic acid groups (broad SMARTS) is 1. The Morgan fingerprint density at radius 2 is 2.33 bits per heavy atom. The summed E-state index contributed by atoms with van der Waals surface area (Å²) in [6.07, 6.45) is 0.226. The van der Waals surface area contributed by atoms with Crippen LogP contribution in [0.15, 0.2) is 28.1 Å². The van der Waals surface area contributed by atoms with Crippen LogP contribution in [0, 0.1) is 0 Å². The van der Waals surface area contributed by atoms with Crippen molar-refractivity contribution in [3.8, 4) is 10.6 Å². The Morgan fingerprint density at radius 1 is 1.48 bits per heavy atom. The van der Waals surface area contributed by atoms with E-state index < -0.39 is 17.4 Å². The van der Waals surface area contributed by atoms with Gasteiger partial charge in [-0.2, -0.15) is 0 Å². The minimum atomic E-state index is -1.39. The number of nitrogens with one attached hydrogen (secondary N) is 1. The van der Waals surface area contributed by atoms with Crippen molar-refractivity contribution in [2.75, 3.05) is 13.2 Å². The fourth-order valence-electron chi connectivity index (χ4n) is 2.08. The molecule has 1 saturated heterocycles. The van der Waals surface area contributed by atoms with Gasteiger partial charge in [-0.3, -0.25) is 4.79 Å². The summed E-state index contributed by atoms with van der Waals surface area (Å²) in [7, 11) is 0. The lowest BCUT2D eigenvalue weighted by Gasteiger charge is -2.22. The smallest absolute Gasteiger partial charge is 0.331 e. The highest BCUT2D eigenvalue weighted by molar-refractivity contribution is 7.13. The number of ether oxygens (including phenoxy) is 1. The zero-order chi connectivity index (χ0) is 14.9. The number of carbonyl (C=O) groups is 2. The Hall–Kier alpha value is -2.19. The molecular weight excluding hydrogens is 296 g/mol. The van der Waals surface area contributed by atoms with Crippen LogP contribution >= 0.6 is 11.3 Å². The largest absolute Gasteiger partial charge is 0.479 e. The van der Waals surface area contributed by atoms with E-state index in [4.69, 9.17) is 9.26 Å². The van der Waals surface area contributed by atoms with Crippen molar-refractivity contribution >= 4 is 23.2 Å². The molecule has 1 amide bonds. The molecule has 0 aliphatic carbocycles. The van der Waals surface area contributed by atoms with E-state index in [1.807, 2.05) is 17.5 Å². The fourth-order valence-corrected chi connectivity index (χ4v) is 2.76. The second-order valence-electron chi connectivity index (χ2n) is 4.70. The van der Waals surface area contributed by atoms with E-state index in [0.717, 1.165) is 4.88 Å². The summed E-state index contributed by atoms with van der Waals surface area (Å²) in [5, 5.41) is 17.3. The maximum absolute atomic E-state index is 12.1. The van der Waals surface area contributed by atoms with Gasteiger partial charge >= 0.3 is 5.97 Å². The first-order valence-corrected chi connectivity index (χ1v) is 7.13. The molecule has 1 aliphatic heterocycles. The molecular formula is C13H12N2O5S. The molecule has 0 aromatic carbocycles. The zero-order valence-electron chi connectivity index (χ0n) is 10.9. The fraction of sp³-hybridized carbons (Fsp3) is 0.308. The predicted octanol–water partition coefficient (Wildman–Crippen LogP) is 1.38. The molecule has 0 spiro atoms. The average Bonchev–Trinajstić information content (AvgIpc) is 3.20. The van der Waals surface area contributed by atoms with Crippen LogP contribution in [0.5, 0.6) is 0 Å². The normalized spacial score (nSPS) is 21.3. The summed E-state index contributed by atoms with van der Waals surface area (Å²) < 4.78 is 10.2. The standard InChI is InChI=1S/C13H12N2O5S/c16-11(14-13(12(17)18)3-4-19-7-13)8-6-9(20-15-8)10-2-1-5-21-10/h1-2,5-6H,3-4,7H2,(H,14,16)(H,17,18). The van der Waals surface area contributed by atoms with E-state index in [0.29, 0.717) is 12.4 Å². The van der Waals surface area contributed by atoms with Crippen molar-refractivity contribution in [2.45, 2.75) is 12.0 Å². The molecule has 3 rings (SSSR count). The maximum Gasteiger partial charge on any atom is 0.331 e. The van der Waals surface area contributed by atoms with E-state index in [-0.39, 0.29) is 18.7 Å². The second-order valence-corrected chi connectivity index (χ2v) is 5.65. The Kier molecular flexibility index (Phi) is 3.48. The minimum absolute atomic E-state index is 0.0472. The van der Waals surface area contributed by atoms with Crippen LogP contribution < -0.4 is 5.32 Å². The topological polar surface area (TPSA) is 102 Å². The lowest BCUT2D eigenvalue weighted by molar-refractivity contribution is -0.144. The van der Waals surface area contributed by atoms with Gasteiger partial charge in [-0.05, 0) is 11.4 Å².